The van der Waals surface area contributed by atoms with E-state index < -0.39 is 30.5 Å². The van der Waals surface area contributed by atoms with Gasteiger partial charge in [-0.2, -0.15) is 0 Å². The van der Waals surface area contributed by atoms with E-state index in [1.54, 1.807) is 6.07 Å². The molecule has 1 fully saturated rings. The van der Waals surface area contributed by atoms with Crippen LogP contribution in [0.4, 0.5) is 17.2 Å². The Balaban J connectivity index is 1.60. The Labute approximate surface area is 219 Å². The van der Waals surface area contributed by atoms with E-state index in [0.29, 0.717) is 5.56 Å². The van der Waals surface area contributed by atoms with Gasteiger partial charge in [-0.25, -0.2) is 21.8 Å². The molecule has 1 aliphatic rings. The van der Waals surface area contributed by atoms with Gasteiger partial charge in [-0.05, 0) is 43.5 Å². The fraction of sp³-hybridized carbons (Fsp3) is 0.292. The zero-order valence-corrected chi connectivity index (χ0v) is 22.3. The number of sulfone groups is 2. The molecule has 0 atom stereocenters. The Morgan fingerprint density at radius 1 is 0.921 bits per heavy atom. The fourth-order valence-electron chi connectivity index (χ4n) is 4.20. The molecule has 200 valence electrons. The summed E-state index contributed by atoms with van der Waals surface area (Å²) in [5.41, 5.74) is 0.797. The van der Waals surface area contributed by atoms with E-state index in [2.05, 4.69) is 20.2 Å². The molecule has 0 unspecified atom stereocenters. The number of nitrogens with one attached hydrogen (secondary N) is 1. The van der Waals surface area contributed by atoms with Crippen LogP contribution in [0.3, 0.4) is 0 Å². The summed E-state index contributed by atoms with van der Waals surface area (Å²) in [5, 5.41) is 14.1. The number of carbonyl (C=O) groups is 1. The van der Waals surface area contributed by atoms with Crippen molar-refractivity contribution in [3.63, 3.8) is 0 Å². The number of rotatable bonds is 7. The minimum atomic E-state index is -3.87. The summed E-state index contributed by atoms with van der Waals surface area (Å²) < 4.78 is 48.4. The lowest BCUT2D eigenvalue weighted by atomic mass is 10.1. The van der Waals surface area contributed by atoms with E-state index in [9.17, 15) is 31.7 Å². The fourth-order valence-corrected chi connectivity index (χ4v) is 6.63. The molecule has 4 rings (SSSR count). The van der Waals surface area contributed by atoms with Crippen molar-refractivity contribution in [2.45, 2.75) is 29.1 Å². The van der Waals surface area contributed by atoms with Crippen LogP contribution in [0.25, 0.3) is 11.3 Å². The lowest BCUT2D eigenvalue weighted by molar-refractivity contribution is -0.385. The molecule has 1 N–H and O–H groups in total. The van der Waals surface area contributed by atoms with Gasteiger partial charge in [0, 0.05) is 42.9 Å². The van der Waals surface area contributed by atoms with Gasteiger partial charge in [-0.3, -0.25) is 19.9 Å². The highest BCUT2D eigenvalue weighted by molar-refractivity contribution is 7.93. The SMILES string of the molecule is CS(=O)(=O)c1ccc(-c2cnc(NC(=O)c3cc(N4CCCCC4)ccc3[N+](=O)[O-])cn2)cc1S(C)(=O)=O. The average molecular weight is 560 g/mol. The first-order valence-corrected chi connectivity index (χ1v) is 15.3. The van der Waals surface area contributed by atoms with Gasteiger partial charge < -0.3 is 10.2 Å². The maximum absolute atomic E-state index is 13.0. The minimum Gasteiger partial charge on any atom is -0.372 e. The van der Waals surface area contributed by atoms with E-state index in [1.807, 2.05) is 0 Å². The van der Waals surface area contributed by atoms with Crippen LogP contribution in [-0.2, 0) is 19.7 Å². The summed E-state index contributed by atoms with van der Waals surface area (Å²) in [4.78, 5) is 33.6. The number of nitrogens with zero attached hydrogens (tertiary/aromatic N) is 4. The molecule has 1 aromatic heterocycles. The topological polar surface area (TPSA) is 170 Å². The van der Waals surface area contributed by atoms with Crippen LogP contribution in [-0.4, -0.2) is 63.2 Å². The molecule has 1 aliphatic heterocycles. The van der Waals surface area contributed by atoms with Crippen LogP contribution in [0.2, 0.25) is 0 Å². The molecule has 1 saturated heterocycles. The summed E-state index contributed by atoms with van der Waals surface area (Å²) in [6.07, 6.45) is 7.44. The Bertz CT molecular complexity index is 1620. The Morgan fingerprint density at radius 3 is 2.18 bits per heavy atom. The summed E-state index contributed by atoms with van der Waals surface area (Å²) in [6, 6.07) is 8.23. The quantitative estimate of drug-likeness (QED) is 0.335. The van der Waals surface area contributed by atoms with Crippen molar-refractivity contribution in [1.82, 2.24) is 9.97 Å². The number of carbonyl (C=O) groups excluding carboxylic acids is 1. The molecule has 2 aromatic carbocycles. The van der Waals surface area contributed by atoms with Gasteiger partial charge in [0.05, 0.1) is 32.8 Å². The number of piperidine rings is 1. The van der Waals surface area contributed by atoms with Gasteiger partial charge in [0.15, 0.2) is 25.5 Å². The van der Waals surface area contributed by atoms with Crippen LogP contribution >= 0.6 is 0 Å². The van der Waals surface area contributed by atoms with Gasteiger partial charge in [0.25, 0.3) is 11.6 Å². The second-order valence-corrected chi connectivity index (χ2v) is 12.9. The van der Waals surface area contributed by atoms with E-state index in [-0.39, 0.29) is 32.6 Å². The first-order chi connectivity index (χ1) is 17.8. The summed E-state index contributed by atoms with van der Waals surface area (Å²) >= 11 is 0. The zero-order valence-electron chi connectivity index (χ0n) is 20.6. The highest BCUT2D eigenvalue weighted by Gasteiger charge is 2.24. The van der Waals surface area contributed by atoms with E-state index in [1.165, 1.54) is 42.7 Å². The Morgan fingerprint density at radius 2 is 1.61 bits per heavy atom. The summed E-state index contributed by atoms with van der Waals surface area (Å²) in [6.45, 7) is 1.61. The van der Waals surface area contributed by atoms with Crippen molar-refractivity contribution in [1.29, 1.82) is 0 Å². The van der Waals surface area contributed by atoms with Crippen molar-refractivity contribution in [3.05, 3.63) is 64.5 Å². The smallest absolute Gasteiger partial charge is 0.282 e. The molecule has 0 aliphatic carbocycles. The summed E-state index contributed by atoms with van der Waals surface area (Å²) in [5.74, 6) is -0.706. The largest absolute Gasteiger partial charge is 0.372 e. The van der Waals surface area contributed by atoms with Crippen molar-refractivity contribution in [2.24, 2.45) is 0 Å². The van der Waals surface area contributed by atoms with Gasteiger partial charge >= 0.3 is 0 Å². The predicted octanol–water partition coefficient (Wildman–Crippen LogP) is 3.10. The molecule has 0 saturated carbocycles. The molecular weight excluding hydrogens is 534 g/mol. The van der Waals surface area contributed by atoms with Gasteiger partial charge in [-0.15, -0.1) is 0 Å². The molecule has 3 aromatic rings. The maximum Gasteiger partial charge on any atom is 0.282 e. The van der Waals surface area contributed by atoms with Crippen LogP contribution in [0, 0.1) is 10.1 Å². The highest BCUT2D eigenvalue weighted by Crippen LogP contribution is 2.29. The zero-order chi connectivity index (χ0) is 27.7. The molecule has 12 nitrogen and oxygen atoms in total. The number of aromatic nitrogens is 2. The van der Waals surface area contributed by atoms with Crippen LogP contribution < -0.4 is 10.2 Å². The van der Waals surface area contributed by atoms with Crippen LogP contribution in [0.5, 0.6) is 0 Å². The van der Waals surface area contributed by atoms with E-state index in [0.717, 1.165) is 50.6 Å². The number of hydrogen-bond donors (Lipinski definition) is 1. The molecular formula is C24H25N5O7S2. The minimum absolute atomic E-state index is 0.0208. The second kappa shape index (κ2) is 10.5. The molecule has 0 bridgehead atoms. The third kappa shape index (κ3) is 5.97. The molecule has 0 spiro atoms. The number of amides is 1. The normalized spacial score (nSPS) is 14.2. The highest BCUT2D eigenvalue weighted by atomic mass is 32.2. The predicted molar refractivity (Wildman–Crippen MR) is 141 cm³/mol. The van der Waals surface area contributed by atoms with Crippen molar-refractivity contribution in [3.8, 4) is 11.3 Å². The third-order valence-electron chi connectivity index (χ3n) is 6.07. The van der Waals surface area contributed by atoms with Crippen LogP contribution in [0.1, 0.15) is 29.6 Å². The molecule has 0 radical (unpaired) electrons. The maximum atomic E-state index is 13.0. The van der Waals surface area contributed by atoms with Crippen LogP contribution in [0.15, 0.2) is 58.6 Å². The van der Waals surface area contributed by atoms with Crippen molar-refractivity contribution >= 4 is 42.8 Å². The van der Waals surface area contributed by atoms with E-state index >= 15 is 0 Å². The van der Waals surface area contributed by atoms with Gasteiger partial charge in [0.1, 0.15) is 5.56 Å². The third-order valence-corrected chi connectivity index (χ3v) is 8.50. The molecule has 14 heteroatoms. The number of benzene rings is 2. The first kappa shape index (κ1) is 27.1. The Hall–Kier alpha value is -3.91. The monoisotopic (exact) mass is 559 g/mol. The molecule has 38 heavy (non-hydrogen) atoms. The standard InChI is InChI=1S/C24H25N5O7S2/c1-37(33,34)21-9-6-16(12-22(21)38(2,35)36)19-14-26-23(15-25-19)27-24(30)18-13-17(7-8-20(18)29(31)32)28-10-4-3-5-11-28/h6-9,12-15H,3-5,10-11H2,1-2H3,(H,26,27,30). The van der Waals surface area contributed by atoms with Gasteiger partial charge in [0.2, 0.25) is 0 Å². The Kier molecular flexibility index (Phi) is 7.47. The van der Waals surface area contributed by atoms with E-state index in [4.69, 9.17) is 0 Å². The summed E-state index contributed by atoms with van der Waals surface area (Å²) in [7, 11) is -7.66. The van der Waals surface area contributed by atoms with Gasteiger partial charge in [-0.1, -0.05) is 6.07 Å². The number of nitro groups is 1. The van der Waals surface area contributed by atoms with Crippen molar-refractivity contribution in [2.75, 3.05) is 35.8 Å². The number of nitro benzene ring substituents is 1. The van der Waals surface area contributed by atoms with Crippen molar-refractivity contribution < 1.29 is 26.6 Å². The number of hydrogen-bond acceptors (Lipinski definition) is 10. The average Bonchev–Trinajstić information content (AvgIpc) is 2.88. The lowest BCUT2D eigenvalue weighted by Crippen LogP contribution is -2.29. The first-order valence-electron chi connectivity index (χ1n) is 11.6. The second-order valence-electron chi connectivity index (χ2n) is 8.95. The molecule has 1 amide bonds. The number of anilines is 2. The molecule has 2 heterocycles. The lowest BCUT2D eigenvalue weighted by Gasteiger charge is -2.29.